The zero-order valence-electron chi connectivity index (χ0n) is 10.2. The summed E-state index contributed by atoms with van der Waals surface area (Å²) in [5.74, 6) is 0.561. The van der Waals surface area contributed by atoms with Crippen LogP contribution in [0, 0.1) is 12.8 Å². The van der Waals surface area contributed by atoms with Gasteiger partial charge in [0.15, 0.2) is 0 Å². The number of hydrogen-bond donors (Lipinski definition) is 0. The molecule has 0 unspecified atom stereocenters. The van der Waals surface area contributed by atoms with E-state index in [1.807, 2.05) is 32.2 Å². The second-order valence-corrected chi connectivity index (χ2v) is 5.40. The van der Waals surface area contributed by atoms with Crippen LogP contribution in [0.25, 0.3) is 0 Å². The Morgan fingerprint density at radius 3 is 2.56 bits per heavy atom. The molecule has 0 aliphatic carbocycles. The highest BCUT2D eigenvalue weighted by atomic mass is 79.9. The van der Waals surface area contributed by atoms with Gasteiger partial charge in [0.1, 0.15) is 0 Å². The minimum Gasteiger partial charge on any atom is -0.315 e. The lowest BCUT2D eigenvalue weighted by molar-refractivity contribution is -0.119. The quantitative estimate of drug-likeness (QED) is 0.827. The van der Waals surface area contributed by atoms with Gasteiger partial charge in [0.25, 0.3) is 0 Å². The maximum Gasteiger partial charge on any atom is 0.226 e. The van der Waals surface area contributed by atoms with Gasteiger partial charge < -0.3 is 4.90 Å². The molecule has 0 bridgehead atoms. The summed E-state index contributed by atoms with van der Waals surface area (Å²) in [4.78, 5) is 13.6. The summed E-state index contributed by atoms with van der Waals surface area (Å²) >= 11 is 3.42. The molecular formula is C13H18BrNO. The van der Waals surface area contributed by atoms with Crippen LogP contribution in [0.5, 0.6) is 0 Å². The Bertz CT molecular complexity index is 388. The monoisotopic (exact) mass is 283 g/mol. The molecule has 0 heterocycles. The molecule has 16 heavy (non-hydrogen) atoms. The lowest BCUT2D eigenvalue weighted by Crippen LogP contribution is -2.27. The lowest BCUT2D eigenvalue weighted by Gasteiger charge is -2.20. The summed E-state index contributed by atoms with van der Waals surface area (Å²) in [6.45, 7) is 6.12. The summed E-state index contributed by atoms with van der Waals surface area (Å²) in [6.07, 6.45) is 0.589. The second kappa shape index (κ2) is 5.48. The number of hydrogen-bond acceptors (Lipinski definition) is 1. The van der Waals surface area contributed by atoms with Crippen LogP contribution in [-0.2, 0) is 4.79 Å². The fourth-order valence-corrected chi connectivity index (χ4v) is 2.09. The van der Waals surface area contributed by atoms with Crippen LogP contribution >= 0.6 is 15.9 Å². The molecular weight excluding hydrogens is 266 g/mol. The van der Waals surface area contributed by atoms with Gasteiger partial charge in [0.05, 0.1) is 0 Å². The number of rotatable bonds is 3. The summed E-state index contributed by atoms with van der Waals surface area (Å²) in [5.41, 5.74) is 2.09. The van der Waals surface area contributed by atoms with Gasteiger partial charge in [-0.25, -0.2) is 0 Å². The third-order valence-electron chi connectivity index (χ3n) is 2.48. The molecule has 0 aliphatic heterocycles. The zero-order chi connectivity index (χ0) is 12.3. The fraction of sp³-hybridized carbons (Fsp3) is 0.462. The van der Waals surface area contributed by atoms with E-state index in [0.29, 0.717) is 12.3 Å². The summed E-state index contributed by atoms with van der Waals surface area (Å²) in [6, 6.07) is 5.95. The van der Waals surface area contributed by atoms with E-state index in [-0.39, 0.29) is 5.91 Å². The van der Waals surface area contributed by atoms with Crippen molar-refractivity contribution in [1.82, 2.24) is 0 Å². The molecule has 1 amide bonds. The number of anilines is 1. The van der Waals surface area contributed by atoms with Crippen LogP contribution in [0.3, 0.4) is 0 Å². The normalized spacial score (nSPS) is 10.6. The minimum absolute atomic E-state index is 0.167. The van der Waals surface area contributed by atoms with Crippen LogP contribution in [0.2, 0.25) is 0 Å². The molecule has 2 nitrogen and oxygen atoms in total. The number of benzene rings is 1. The first kappa shape index (κ1) is 13.2. The largest absolute Gasteiger partial charge is 0.315 e. The highest BCUT2D eigenvalue weighted by Gasteiger charge is 2.14. The Morgan fingerprint density at radius 2 is 2.06 bits per heavy atom. The maximum atomic E-state index is 11.9. The standard InChI is InChI=1S/C13H18BrNO/c1-9(2)7-13(16)15(4)12-6-5-11(14)8-10(12)3/h5-6,8-9H,7H2,1-4H3. The van der Waals surface area contributed by atoms with Gasteiger partial charge in [0.2, 0.25) is 5.91 Å². The molecule has 0 aromatic heterocycles. The van der Waals surface area contributed by atoms with E-state index < -0.39 is 0 Å². The summed E-state index contributed by atoms with van der Waals surface area (Å²) < 4.78 is 1.04. The highest BCUT2D eigenvalue weighted by Crippen LogP contribution is 2.23. The van der Waals surface area contributed by atoms with Crippen molar-refractivity contribution in [3.63, 3.8) is 0 Å². The molecule has 0 fully saturated rings. The average molecular weight is 284 g/mol. The van der Waals surface area contributed by atoms with Crippen LogP contribution in [0.15, 0.2) is 22.7 Å². The first-order valence-electron chi connectivity index (χ1n) is 5.44. The molecule has 0 saturated carbocycles. The molecule has 88 valence electrons. The zero-order valence-corrected chi connectivity index (χ0v) is 11.8. The van der Waals surface area contributed by atoms with Crippen LogP contribution in [0.4, 0.5) is 5.69 Å². The number of aryl methyl sites for hydroxylation is 1. The Balaban J connectivity index is 2.87. The minimum atomic E-state index is 0.167. The van der Waals surface area contributed by atoms with E-state index in [2.05, 4.69) is 29.8 Å². The lowest BCUT2D eigenvalue weighted by atomic mass is 10.1. The Hall–Kier alpha value is -0.830. The maximum absolute atomic E-state index is 11.9. The molecule has 3 heteroatoms. The van der Waals surface area contributed by atoms with Gasteiger partial charge in [-0.1, -0.05) is 29.8 Å². The number of carbonyl (C=O) groups is 1. The first-order valence-corrected chi connectivity index (χ1v) is 6.24. The second-order valence-electron chi connectivity index (χ2n) is 4.48. The van der Waals surface area contributed by atoms with Crippen LogP contribution < -0.4 is 4.90 Å². The van der Waals surface area contributed by atoms with Gasteiger partial charge in [0, 0.05) is 23.6 Å². The number of carbonyl (C=O) groups excluding carboxylic acids is 1. The topological polar surface area (TPSA) is 20.3 Å². The van der Waals surface area contributed by atoms with Crippen molar-refractivity contribution >= 4 is 27.5 Å². The molecule has 0 spiro atoms. The van der Waals surface area contributed by atoms with Crippen molar-refractivity contribution in [2.24, 2.45) is 5.92 Å². The van der Waals surface area contributed by atoms with Gasteiger partial charge in [-0.3, -0.25) is 4.79 Å². The van der Waals surface area contributed by atoms with Crippen molar-refractivity contribution < 1.29 is 4.79 Å². The highest BCUT2D eigenvalue weighted by molar-refractivity contribution is 9.10. The van der Waals surface area contributed by atoms with E-state index in [0.717, 1.165) is 15.7 Å². The van der Waals surface area contributed by atoms with Crippen molar-refractivity contribution in [2.75, 3.05) is 11.9 Å². The smallest absolute Gasteiger partial charge is 0.226 e. The van der Waals surface area contributed by atoms with Gasteiger partial charge in [-0.15, -0.1) is 0 Å². The van der Waals surface area contributed by atoms with Gasteiger partial charge in [-0.05, 0) is 36.6 Å². The number of amides is 1. The van der Waals surface area contributed by atoms with Gasteiger partial charge in [-0.2, -0.15) is 0 Å². The van der Waals surface area contributed by atoms with Crippen molar-refractivity contribution in [1.29, 1.82) is 0 Å². The average Bonchev–Trinajstić information content (AvgIpc) is 2.15. The van der Waals surface area contributed by atoms with E-state index in [9.17, 15) is 4.79 Å². The van der Waals surface area contributed by atoms with E-state index in [4.69, 9.17) is 0 Å². The summed E-state index contributed by atoms with van der Waals surface area (Å²) in [7, 11) is 1.83. The third-order valence-corrected chi connectivity index (χ3v) is 2.97. The third kappa shape index (κ3) is 3.34. The Labute approximate surface area is 106 Å². The SMILES string of the molecule is Cc1cc(Br)ccc1N(C)C(=O)CC(C)C. The molecule has 0 aliphatic rings. The predicted molar refractivity (Wildman–Crippen MR) is 71.7 cm³/mol. The Kier molecular flexibility index (Phi) is 4.54. The van der Waals surface area contributed by atoms with Crippen molar-refractivity contribution in [3.8, 4) is 0 Å². The van der Waals surface area contributed by atoms with Crippen LogP contribution in [-0.4, -0.2) is 13.0 Å². The van der Waals surface area contributed by atoms with E-state index in [1.54, 1.807) is 4.90 Å². The fourth-order valence-electron chi connectivity index (χ4n) is 1.62. The first-order chi connectivity index (χ1) is 7.41. The van der Waals surface area contributed by atoms with Crippen molar-refractivity contribution in [3.05, 3.63) is 28.2 Å². The number of nitrogens with zero attached hydrogens (tertiary/aromatic N) is 1. The predicted octanol–water partition coefficient (Wildman–Crippen LogP) is 3.77. The van der Waals surface area contributed by atoms with E-state index in [1.165, 1.54) is 0 Å². The van der Waals surface area contributed by atoms with Gasteiger partial charge >= 0.3 is 0 Å². The number of halogens is 1. The van der Waals surface area contributed by atoms with E-state index >= 15 is 0 Å². The molecule has 0 atom stereocenters. The Morgan fingerprint density at radius 1 is 1.44 bits per heavy atom. The molecule has 1 aromatic rings. The molecule has 0 saturated heterocycles. The van der Waals surface area contributed by atoms with Crippen molar-refractivity contribution in [2.45, 2.75) is 27.2 Å². The molecule has 0 radical (unpaired) electrons. The molecule has 1 aromatic carbocycles. The summed E-state index contributed by atoms with van der Waals surface area (Å²) in [5, 5.41) is 0. The molecule has 1 rings (SSSR count). The van der Waals surface area contributed by atoms with Crippen LogP contribution in [0.1, 0.15) is 25.8 Å². The molecule has 0 N–H and O–H groups in total.